The molecule has 2 aromatic rings. The van der Waals surface area contributed by atoms with Crippen LogP contribution in [0.1, 0.15) is 31.2 Å². The fraction of sp³-hybridized carbons (Fsp3) is 0.391. The van der Waals surface area contributed by atoms with E-state index in [1.54, 1.807) is 0 Å². The van der Waals surface area contributed by atoms with Gasteiger partial charge < -0.3 is 0 Å². The number of piperidine rings is 1. The molecule has 0 aromatic heterocycles. The van der Waals surface area contributed by atoms with Gasteiger partial charge in [-0.15, -0.1) is 0 Å². The molecule has 2 aliphatic rings. The van der Waals surface area contributed by atoms with E-state index in [9.17, 15) is 14.0 Å². The van der Waals surface area contributed by atoms with Crippen molar-refractivity contribution in [2.75, 3.05) is 18.0 Å². The second-order valence-electron chi connectivity index (χ2n) is 7.91. The zero-order valence-corrected chi connectivity index (χ0v) is 16.9. The Labute approximate surface area is 175 Å². The standard InChI is InChI=1S/C23H24ClFN2O2/c24-18-5-3-16(4-6-18)1-2-17-11-13-26(14-12-17)21-15-22(28)27(23(21)29)20-9-7-19(25)8-10-20/h3-10,17,21H,1-2,11-15H2. The van der Waals surface area contributed by atoms with Crippen LogP contribution in [0, 0.1) is 11.7 Å². The van der Waals surface area contributed by atoms with Crippen molar-refractivity contribution in [3.8, 4) is 0 Å². The predicted molar refractivity (Wildman–Crippen MR) is 111 cm³/mol. The summed E-state index contributed by atoms with van der Waals surface area (Å²) in [5, 5.41) is 0.757. The van der Waals surface area contributed by atoms with Crippen LogP contribution < -0.4 is 4.90 Å². The summed E-state index contributed by atoms with van der Waals surface area (Å²) in [6.45, 7) is 1.65. The van der Waals surface area contributed by atoms with E-state index in [1.807, 2.05) is 12.1 Å². The summed E-state index contributed by atoms with van der Waals surface area (Å²) in [7, 11) is 0. The van der Waals surface area contributed by atoms with Gasteiger partial charge in [0.15, 0.2) is 0 Å². The van der Waals surface area contributed by atoms with Crippen molar-refractivity contribution in [3.63, 3.8) is 0 Å². The number of halogens is 2. The summed E-state index contributed by atoms with van der Waals surface area (Å²) in [6.07, 6.45) is 4.41. The molecule has 2 amide bonds. The van der Waals surface area contributed by atoms with E-state index in [2.05, 4.69) is 17.0 Å². The number of hydrogen-bond donors (Lipinski definition) is 0. The van der Waals surface area contributed by atoms with Crippen LogP contribution in [0.3, 0.4) is 0 Å². The number of carbonyl (C=O) groups excluding carboxylic acids is 2. The third-order valence-electron chi connectivity index (χ3n) is 6.05. The average Bonchev–Trinajstić information content (AvgIpc) is 3.03. The zero-order chi connectivity index (χ0) is 20.4. The highest BCUT2D eigenvalue weighted by Gasteiger charge is 2.43. The van der Waals surface area contributed by atoms with Gasteiger partial charge in [0, 0.05) is 5.02 Å². The molecule has 152 valence electrons. The fourth-order valence-electron chi connectivity index (χ4n) is 4.34. The second-order valence-corrected chi connectivity index (χ2v) is 8.34. The smallest absolute Gasteiger partial charge is 0.251 e. The number of rotatable bonds is 5. The Balaban J connectivity index is 1.31. The Kier molecular flexibility index (Phi) is 5.97. The van der Waals surface area contributed by atoms with Crippen LogP contribution in [0.4, 0.5) is 10.1 Å². The van der Waals surface area contributed by atoms with E-state index in [0.29, 0.717) is 11.6 Å². The van der Waals surface area contributed by atoms with Gasteiger partial charge >= 0.3 is 0 Å². The molecule has 29 heavy (non-hydrogen) atoms. The Morgan fingerprint density at radius 3 is 2.28 bits per heavy atom. The van der Waals surface area contributed by atoms with E-state index in [4.69, 9.17) is 11.6 Å². The van der Waals surface area contributed by atoms with Crippen LogP contribution in [0.25, 0.3) is 0 Å². The summed E-state index contributed by atoms with van der Waals surface area (Å²) < 4.78 is 13.2. The van der Waals surface area contributed by atoms with Gasteiger partial charge in [-0.2, -0.15) is 0 Å². The van der Waals surface area contributed by atoms with Gasteiger partial charge in [0.05, 0.1) is 18.2 Å². The maximum absolute atomic E-state index is 13.2. The monoisotopic (exact) mass is 414 g/mol. The number of anilines is 1. The minimum atomic E-state index is -0.398. The Hall–Kier alpha value is -2.24. The largest absolute Gasteiger partial charge is 0.292 e. The van der Waals surface area contributed by atoms with Crippen LogP contribution in [-0.2, 0) is 16.0 Å². The molecule has 1 atom stereocenters. The lowest BCUT2D eigenvalue weighted by Gasteiger charge is -2.34. The van der Waals surface area contributed by atoms with Crippen molar-refractivity contribution in [2.45, 2.75) is 38.1 Å². The maximum Gasteiger partial charge on any atom is 0.251 e. The minimum Gasteiger partial charge on any atom is -0.292 e. The molecule has 2 aliphatic heterocycles. The Morgan fingerprint density at radius 1 is 0.966 bits per heavy atom. The highest BCUT2D eigenvalue weighted by molar-refractivity contribution is 6.30. The lowest BCUT2D eigenvalue weighted by molar-refractivity contribution is -0.123. The molecule has 0 radical (unpaired) electrons. The molecule has 6 heteroatoms. The first-order valence-electron chi connectivity index (χ1n) is 10.1. The van der Waals surface area contributed by atoms with E-state index in [1.165, 1.54) is 34.7 Å². The molecule has 0 N–H and O–H groups in total. The molecule has 2 fully saturated rings. The number of carbonyl (C=O) groups is 2. The molecule has 0 bridgehead atoms. The number of aryl methyl sites for hydroxylation is 1. The van der Waals surface area contributed by atoms with Crippen molar-refractivity contribution in [2.24, 2.45) is 5.92 Å². The van der Waals surface area contributed by atoms with Crippen LogP contribution in [-0.4, -0.2) is 35.8 Å². The second kappa shape index (κ2) is 8.64. The molecule has 2 saturated heterocycles. The zero-order valence-electron chi connectivity index (χ0n) is 16.2. The quantitative estimate of drug-likeness (QED) is 0.678. The SMILES string of the molecule is O=C1CC(N2CCC(CCc3ccc(Cl)cc3)CC2)C(=O)N1c1ccc(F)cc1. The summed E-state index contributed by atoms with van der Waals surface area (Å²) in [4.78, 5) is 28.7. The summed E-state index contributed by atoms with van der Waals surface area (Å²) in [6, 6.07) is 13.1. The predicted octanol–water partition coefficient (Wildman–Crippen LogP) is 4.46. The summed E-state index contributed by atoms with van der Waals surface area (Å²) in [5.74, 6) is -0.162. The van der Waals surface area contributed by atoms with E-state index < -0.39 is 6.04 Å². The third-order valence-corrected chi connectivity index (χ3v) is 6.30. The number of amides is 2. The number of nitrogens with zero attached hydrogens (tertiary/aromatic N) is 2. The van der Waals surface area contributed by atoms with E-state index >= 15 is 0 Å². The van der Waals surface area contributed by atoms with Crippen molar-refractivity contribution >= 4 is 29.1 Å². The molecule has 0 spiro atoms. The van der Waals surface area contributed by atoms with Gasteiger partial charge in [-0.25, -0.2) is 9.29 Å². The minimum absolute atomic E-state index is 0.193. The van der Waals surface area contributed by atoms with Crippen molar-refractivity contribution in [3.05, 3.63) is 64.9 Å². The van der Waals surface area contributed by atoms with Gasteiger partial charge in [-0.3, -0.25) is 14.5 Å². The molecule has 1 unspecified atom stereocenters. The molecular weight excluding hydrogens is 391 g/mol. The number of imide groups is 1. The van der Waals surface area contributed by atoms with Crippen LogP contribution in [0.2, 0.25) is 5.02 Å². The van der Waals surface area contributed by atoms with Crippen molar-refractivity contribution in [1.82, 2.24) is 4.90 Å². The topological polar surface area (TPSA) is 40.6 Å². The normalized spacial score (nSPS) is 21.2. The first kappa shape index (κ1) is 20.0. The number of hydrogen-bond acceptors (Lipinski definition) is 3. The molecule has 0 saturated carbocycles. The molecule has 2 aromatic carbocycles. The lowest BCUT2D eigenvalue weighted by atomic mass is 9.90. The maximum atomic E-state index is 13.2. The Morgan fingerprint density at radius 2 is 1.62 bits per heavy atom. The lowest BCUT2D eigenvalue weighted by Crippen LogP contribution is -2.46. The Bertz CT molecular complexity index is 877. The van der Waals surface area contributed by atoms with Gasteiger partial charge in [-0.1, -0.05) is 23.7 Å². The number of benzene rings is 2. The van der Waals surface area contributed by atoms with Gasteiger partial charge in [0.1, 0.15) is 5.82 Å². The van der Waals surface area contributed by atoms with Crippen LogP contribution >= 0.6 is 11.6 Å². The van der Waals surface area contributed by atoms with Crippen LogP contribution in [0.5, 0.6) is 0 Å². The molecular formula is C23H24ClFN2O2. The first-order chi connectivity index (χ1) is 14.0. The molecule has 0 aliphatic carbocycles. The summed E-state index contributed by atoms with van der Waals surface area (Å²) in [5.41, 5.74) is 1.74. The highest BCUT2D eigenvalue weighted by atomic mass is 35.5. The van der Waals surface area contributed by atoms with Gasteiger partial charge in [0.25, 0.3) is 5.91 Å². The molecule has 2 heterocycles. The van der Waals surface area contributed by atoms with E-state index in [0.717, 1.165) is 43.8 Å². The molecule has 4 rings (SSSR count). The summed E-state index contributed by atoms with van der Waals surface area (Å²) >= 11 is 5.94. The number of likely N-dealkylation sites (tertiary alicyclic amines) is 1. The fourth-order valence-corrected chi connectivity index (χ4v) is 4.46. The average molecular weight is 415 g/mol. The highest BCUT2D eigenvalue weighted by Crippen LogP contribution is 2.30. The van der Waals surface area contributed by atoms with Crippen LogP contribution in [0.15, 0.2) is 48.5 Å². The van der Waals surface area contributed by atoms with Crippen molar-refractivity contribution < 1.29 is 14.0 Å². The van der Waals surface area contributed by atoms with Gasteiger partial charge in [-0.05, 0) is 86.7 Å². The third kappa shape index (κ3) is 4.51. The van der Waals surface area contributed by atoms with Crippen molar-refractivity contribution in [1.29, 1.82) is 0 Å². The van der Waals surface area contributed by atoms with E-state index in [-0.39, 0.29) is 24.1 Å². The first-order valence-corrected chi connectivity index (χ1v) is 10.5. The van der Waals surface area contributed by atoms with Gasteiger partial charge in [0.2, 0.25) is 5.91 Å². The molecule has 4 nitrogen and oxygen atoms in total.